The van der Waals surface area contributed by atoms with Crippen molar-refractivity contribution in [2.75, 3.05) is 7.11 Å². The van der Waals surface area contributed by atoms with Crippen LogP contribution in [0.4, 0.5) is 13.2 Å². The number of amides is 1. The highest BCUT2D eigenvalue weighted by Crippen LogP contribution is 2.37. The number of alkyl halides is 3. The zero-order valence-electron chi connectivity index (χ0n) is 10.0. The fourth-order valence-corrected chi connectivity index (χ4v) is 2.10. The van der Waals surface area contributed by atoms with Crippen LogP contribution >= 0.6 is 0 Å². The van der Waals surface area contributed by atoms with Gasteiger partial charge < -0.3 is 10.1 Å². The molecule has 1 saturated carbocycles. The van der Waals surface area contributed by atoms with Gasteiger partial charge in [-0.15, -0.1) is 0 Å². The maximum atomic E-state index is 12.7. The van der Waals surface area contributed by atoms with Gasteiger partial charge in [0.25, 0.3) is 0 Å². The molecule has 3 atom stereocenters. The van der Waals surface area contributed by atoms with Crippen LogP contribution in [-0.2, 0) is 9.53 Å². The van der Waals surface area contributed by atoms with Crippen LogP contribution < -0.4 is 5.32 Å². The molecule has 0 bridgehead atoms. The third-order valence-corrected chi connectivity index (χ3v) is 3.24. The summed E-state index contributed by atoms with van der Waals surface area (Å²) in [4.78, 5) is 11.5. The number of hydrogen-bond acceptors (Lipinski definition) is 2. The van der Waals surface area contributed by atoms with Gasteiger partial charge in [-0.3, -0.25) is 4.79 Å². The second kappa shape index (κ2) is 5.71. The van der Waals surface area contributed by atoms with Crippen molar-refractivity contribution >= 4 is 5.91 Å². The normalized spacial score (nSPS) is 27.6. The highest BCUT2D eigenvalue weighted by atomic mass is 19.4. The first-order valence-electron chi connectivity index (χ1n) is 5.76. The first-order chi connectivity index (χ1) is 7.86. The fourth-order valence-electron chi connectivity index (χ4n) is 2.10. The van der Waals surface area contributed by atoms with E-state index in [1.54, 1.807) is 0 Å². The number of nitrogens with one attached hydrogen (secondary N) is 1. The van der Waals surface area contributed by atoms with Gasteiger partial charge in [-0.1, -0.05) is 12.8 Å². The van der Waals surface area contributed by atoms with Crippen molar-refractivity contribution in [3.8, 4) is 0 Å². The first-order valence-corrected chi connectivity index (χ1v) is 5.76. The van der Waals surface area contributed by atoms with Crippen molar-refractivity contribution in [3.05, 3.63) is 0 Å². The van der Waals surface area contributed by atoms with Gasteiger partial charge >= 0.3 is 6.18 Å². The Labute approximate surface area is 98.7 Å². The molecule has 0 aliphatic heterocycles. The zero-order valence-corrected chi connectivity index (χ0v) is 10.0. The maximum Gasteiger partial charge on any atom is 0.393 e. The summed E-state index contributed by atoms with van der Waals surface area (Å²) in [5, 5.41) is 2.44. The quantitative estimate of drug-likeness (QED) is 0.837. The van der Waals surface area contributed by atoms with Crippen LogP contribution in [0.15, 0.2) is 0 Å². The molecule has 100 valence electrons. The molecule has 6 heteroatoms. The lowest BCUT2D eigenvalue weighted by atomic mass is 9.84. The third-order valence-electron chi connectivity index (χ3n) is 3.24. The molecule has 1 aliphatic rings. The largest absolute Gasteiger partial charge is 0.393 e. The van der Waals surface area contributed by atoms with Crippen LogP contribution in [-0.4, -0.2) is 31.3 Å². The average Bonchev–Trinajstić information content (AvgIpc) is 2.27. The molecule has 1 amide bonds. The van der Waals surface area contributed by atoms with Crippen molar-refractivity contribution < 1.29 is 22.7 Å². The first kappa shape index (κ1) is 14.3. The van der Waals surface area contributed by atoms with Crippen LogP contribution in [0.3, 0.4) is 0 Å². The Morgan fingerprint density at radius 1 is 1.35 bits per heavy atom. The number of methoxy groups -OCH3 is 1. The standard InChI is InChI=1S/C11H18F3NO2/c1-7(17-2)10(16)15-9-6-4-3-5-8(9)11(12,13)14/h7-9H,3-6H2,1-2H3,(H,15,16). The van der Waals surface area contributed by atoms with Crippen molar-refractivity contribution in [2.45, 2.75) is 50.9 Å². The van der Waals surface area contributed by atoms with E-state index >= 15 is 0 Å². The van der Waals surface area contributed by atoms with Crippen LogP contribution in [0.2, 0.25) is 0 Å². The van der Waals surface area contributed by atoms with Crippen LogP contribution in [0, 0.1) is 5.92 Å². The van der Waals surface area contributed by atoms with Crippen molar-refractivity contribution in [1.29, 1.82) is 0 Å². The highest BCUT2D eigenvalue weighted by Gasteiger charge is 2.46. The summed E-state index contributed by atoms with van der Waals surface area (Å²) in [7, 11) is 1.35. The molecule has 3 unspecified atom stereocenters. The molecule has 1 N–H and O–H groups in total. The summed E-state index contributed by atoms with van der Waals surface area (Å²) < 4.78 is 43.0. The van der Waals surface area contributed by atoms with E-state index in [0.717, 1.165) is 6.42 Å². The molecule has 1 rings (SSSR count). The predicted octanol–water partition coefficient (Wildman–Crippen LogP) is 2.26. The molecule has 0 aromatic carbocycles. The Balaban J connectivity index is 2.63. The summed E-state index contributed by atoms with van der Waals surface area (Å²) in [6, 6.07) is -0.811. The lowest BCUT2D eigenvalue weighted by Gasteiger charge is -2.33. The Kier molecular flexibility index (Phi) is 4.80. The van der Waals surface area contributed by atoms with Gasteiger partial charge in [0.2, 0.25) is 5.91 Å². The molecule has 0 aromatic rings. The van der Waals surface area contributed by atoms with Gasteiger partial charge in [0.05, 0.1) is 5.92 Å². The summed E-state index contributed by atoms with van der Waals surface area (Å²) in [5.41, 5.74) is 0. The molecule has 1 fully saturated rings. The Morgan fingerprint density at radius 2 is 1.94 bits per heavy atom. The van der Waals surface area contributed by atoms with Gasteiger partial charge in [-0.05, 0) is 19.8 Å². The minimum Gasteiger partial charge on any atom is -0.372 e. The molecule has 1 aliphatic carbocycles. The van der Waals surface area contributed by atoms with Crippen LogP contribution in [0.5, 0.6) is 0 Å². The Morgan fingerprint density at radius 3 is 2.47 bits per heavy atom. The van der Waals surface area contributed by atoms with E-state index in [2.05, 4.69) is 5.32 Å². The topological polar surface area (TPSA) is 38.3 Å². The van der Waals surface area contributed by atoms with Crippen LogP contribution in [0.25, 0.3) is 0 Å². The zero-order chi connectivity index (χ0) is 13.1. The summed E-state index contributed by atoms with van der Waals surface area (Å²) in [5.74, 6) is -1.90. The van der Waals surface area contributed by atoms with Crippen molar-refractivity contribution in [3.63, 3.8) is 0 Å². The molecule has 17 heavy (non-hydrogen) atoms. The van der Waals surface area contributed by atoms with E-state index in [0.29, 0.717) is 12.8 Å². The molecular weight excluding hydrogens is 235 g/mol. The van der Waals surface area contributed by atoms with E-state index < -0.39 is 30.1 Å². The fraction of sp³-hybridized carbons (Fsp3) is 0.909. The summed E-state index contributed by atoms with van der Waals surface area (Å²) >= 11 is 0. The minimum atomic E-state index is -4.24. The third kappa shape index (κ3) is 3.87. The van der Waals surface area contributed by atoms with Gasteiger partial charge in [-0.25, -0.2) is 0 Å². The predicted molar refractivity (Wildman–Crippen MR) is 56.4 cm³/mol. The average molecular weight is 253 g/mol. The van der Waals surface area contributed by atoms with E-state index in [9.17, 15) is 18.0 Å². The molecule has 0 heterocycles. The lowest BCUT2D eigenvalue weighted by molar-refractivity contribution is -0.189. The number of rotatable bonds is 3. The van der Waals surface area contributed by atoms with Gasteiger partial charge in [0.1, 0.15) is 6.10 Å². The number of halogens is 3. The molecule has 0 saturated heterocycles. The summed E-state index contributed by atoms with van der Waals surface area (Å²) in [6.07, 6.45) is -3.20. The molecular formula is C11H18F3NO2. The van der Waals surface area contributed by atoms with E-state index in [1.165, 1.54) is 14.0 Å². The Bertz CT molecular complexity index is 268. The number of ether oxygens (including phenoxy) is 1. The van der Waals surface area contributed by atoms with E-state index in [1.807, 2.05) is 0 Å². The number of hydrogen-bond donors (Lipinski definition) is 1. The molecule has 3 nitrogen and oxygen atoms in total. The maximum absolute atomic E-state index is 12.7. The van der Waals surface area contributed by atoms with Gasteiger partial charge in [-0.2, -0.15) is 13.2 Å². The smallest absolute Gasteiger partial charge is 0.372 e. The molecule has 0 radical (unpaired) electrons. The second-order valence-corrected chi connectivity index (χ2v) is 4.43. The summed E-state index contributed by atoms with van der Waals surface area (Å²) in [6.45, 7) is 1.51. The van der Waals surface area contributed by atoms with E-state index in [4.69, 9.17) is 4.74 Å². The number of carbonyl (C=O) groups is 1. The second-order valence-electron chi connectivity index (χ2n) is 4.43. The van der Waals surface area contributed by atoms with E-state index in [-0.39, 0.29) is 6.42 Å². The SMILES string of the molecule is COC(C)C(=O)NC1CCCCC1C(F)(F)F. The monoisotopic (exact) mass is 253 g/mol. The Hall–Kier alpha value is -0.780. The van der Waals surface area contributed by atoms with Crippen LogP contribution in [0.1, 0.15) is 32.6 Å². The van der Waals surface area contributed by atoms with Crippen molar-refractivity contribution in [2.24, 2.45) is 5.92 Å². The molecule has 0 aromatic heterocycles. The number of carbonyl (C=O) groups excluding carboxylic acids is 1. The highest BCUT2D eigenvalue weighted by molar-refractivity contribution is 5.80. The van der Waals surface area contributed by atoms with Gasteiger partial charge in [0, 0.05) is 13.2 Å². The lowest BCUT2D eigenvalue weighted by Crippen LogP contribution is -2.50. The molecule has 0 spiro atoms. The van der Waals surface area contributed by atoms with Crippen molar-refractivity contribution in [1.82, 2.24) is 5.32 Å². The van der Waals surface area contributed by atoms with Gasteiger partial charge in [0.15, 0.2) is 0 Å². The minimum absolute atomic E-state index is 0.0931.